The van der Waals surface area contributed by atoms with Gasteiger partial charge in [-0.2, -0.15) is 0 Å². The topological polar surface area (TPSA) is 51.3 Å². The standard InChI is InChI=1S/C17H13ClFNO3/c1-22-9-3-4-10(15(19)5-9)11-6-12-13(17(21)23-2)8-20-16(12)7-14(11)18/h3-8,20H,1-2H3. The van der Waals surface area contributed by atoms with Gasteiger partial charge >= 0.3 is 5.97 Å². The summed E-state index contributed by atoms with van der Waals surface area (Å²) in [5, 5.41) is 0.992. The quantitative estimate of drug-likeness (QED) is 0.722. The smallest absolute Gasteiger partial charge is 0.340 e. The zero-order valence-corrected chi connectivity index (χ0v) is 13.2. The fraction of sp³-hybridized carbons (Fsp3) is 0.118. The minimum atomic E-state index is -0.472. The largest absolute Gasteiger partial charge is 0.497 e. The van der Waals surface area contributed by atoms with Crippen molar-refractivity contribution in [2.24, 2.45) is 0 Å². The number of carbonyl (C=O) groups is 1. The Hall–Kier alpha value is -2.53. The molecule has 6 heteroatoms. The van der Waals surface area contributed by atoms with Crippen LogP contribution in [0.5, 0.6) is 5.75 Å². The lowest BCUT2D eigenvalue weighted by Gasteiger charge is -2.09. The van der Waals surface area contributed by atoms with Gasteiger partial charge in [0.05, 0.1) is 24.8 Å². The zero-order chi connectivity index (χ0) is 16.6. The first kappa shape index (κ1) is 15.4. The number of methoxy groups -OCH3 is 2. The molecule has 3 aromatic rings. The van der Waals surface area contributed by atoms with Gasteiger partial charge in [0.2, 0.25) is 0 Å². The molecule has 0 amide bonds. The van der Waals surface area contributed by atoms with Crippen LogP contribution >= 0.6 is 11.6 Å². The molecule has 4 nitrogen and oxygen atoms in total. The molecule has 2 aromatic carbocycles. The Kier molecular flexibility index (Phi) is 3.96. The molecule has 1 aromatic heterocycles. The van der Waals surface area contributed by atoms with Crippen molar-refractivity contribution in [2.75, 3.05) is 14.2 Å². The van der Waals surface area contributed by atoms with Crippen molar-refractivity contribution >= 4 is 28.5 Å². The minimum absolute atomic E-state index is 0.328. The Bertz CT molecular complexity index is 904. The van der Waals surface area contributed by atoms with Gasteiger partial charge in [-0.1, -0.05) is 11.6 Å². The molecular formula is C17H13ClFNO3. The molecule has 23 heavy (non-hydrogen) atoms. The average molecular weight is 334 g/mol. The summed E-state index contributed by atoms with van der Waals surface area (Å²) in [6, 6.07) is 7.85. The van der Waals surface area contributed by atoms with E-state index in [0.29, 0.717) is 38.4 Å². The number of hydrogen-bond acceptors (Lipinski definition) is 3. The molecule has 0 spiro atoms. The van der Waals surface area contributed by atoms with Gasteiger partial charge in [-0.05, 0) is 24.3 Å². The Labute approximate surface area is 136 Å². The molecule has 0 aliphatic heterocycles. The van der Waals surface area contributed by atoms with Crippen LogP contribution in [0.15, 0.2) is 36.5 Å². The van der Waals surface area contributed by atoms with E-state index in [1.807, 2.05) is 0 Å². The van der Waals surface area contributed by atoms with Crippen LogP contribution in [0, 0.1) is 5.82 Å². The number of aromatic amines is 1. The number of rotatable bonds is 3. The summed E-state index contributed by atoms with van der Waals surface area (Å²) in [6.45, 7) is 0. The molecular weight excluding hydrogens is 321 g/mol. The Balaban J connectivity index is 2.21. The molecule has 3 rings (SSSR count). The summed E-state index contributed by atoms with van der Waals surface area (Å²) in [7, 11) is 2.77. The van der Waals surface area contributed by atoms with Crippen LogP contribution in [0.1, 0.15) is 10.4 Å². The third kappa shape index (κ3) is 2.64. The summed E-state index contributed by atoms with van der Waals surface area (Å²) in [5.74, 6) is -0.513. The maximum absolute atomic E-state index is 14.3. The fourth-order valence-electron chi connectivity index (χ4n) is 2.47. The molecule has 118 valence electrons. The fourth-order valence-corrected chi connectivity index (χ4v) is 2.74. The molecule has 1 N–H and O–H groups in total. The number of benzene rings is 2. The Morgan fingerprint density at radius 1 is 1.17 bits per heavy atom. The van der Waals surface area contributed by atoms with Crippen LogP contribution in [0.3, 0.4) is 0 Å². The lowest BCUT2D eigenvalue weighted by atomic mass is 10.0. The van der Waals surface area contributed by atoms with Gasteiger partial charge in [0.15, 0.2) is 0 Å². The summed E-state index contributed by atoms with van der Waals surface area (Å²) in [6.07, 6.45) is 1.54. The first-order chi connectivity index (χ1) is 11.0. The van der Waals surface area contributed by atoms with E-state index in [4.69, 9.17) is 21.1 Å². The van der Waals surface area contributed by atoms with Crippen LogP contribution < -0.4 is 4.74 Å². The third-order valence-electron chi connectivity index (χ3n) is 3.64. The number of hydrogen-bond donors (Lipinski definition) is 1. The second kappa shape index (κ2) is 5.93. The van der Waals surface area contributed by atoms with Gasteiger partial charge in [-0.15, -0.1) is 0 Å². The third-order valence-corrected chi connectivity index (χ3v) is 3.95. The normalized spacial score (nSPS) is 10.8. The summed E-state index contributed by atoms with van der Waals surface area (Å²) < 4.78 is 24.1. The molecule has 0 bridgehead atoms. The number of halogens is 2. The van der Waals surface area contributed by atoms with Crippen LogP contribution in [0.4, 0.5) is 4.39 Å². The van der Waals surface area contributed by atoms with Gasteiger partial charge in [0, 0.05) is 34.3 Å². The highest BCUT2D eigenvalue weighted by Gasteiger charge is 2.17. The van der Waals surface area contributed by atoms with Crippen LogP contribution in [0.25, 0.3) is 22.0 Å². The van der Waals surface area contributed by atoms with Crippen LogP contribution in [-0.2, 0) is 4.74 Å². The number of esters is 1. The molecule has 0 radical (unpaired) electrons. The molecule has 1 heterocycles. The van der Waals surface area contributed by atoms with E-state index in [2.05, 4.69) is 4.98 Å². The first-order valence-electron chi connectivity index (χ1n) is 6.78. The molecule has 0 atom stereocenters. The van der Waals surface area contributed by atoms with Gasteiger partial charge < -0.3 is 14.5 Å². The summed E-state index contributed by atoms with van der Waals surface area (Å²) in [5.41, 5.74) is 1.86. The van der Waals surface area contributed by atoms with E-state index in [-0.39, 0.29) is 0 Å². The van der Waals surface area contributed by atoms with E-state index in [9.17, 15) is 9.18 Å². The SMILES string of the molecule is COC(=O)c1c[nH]c2cc(Cl)c(-c3ccc(OC)cc3F)cc12. The lowest BCUT2D eigenvalue weighted by molar-refractivity contribution is 0.0603. The molecule has 0 saturated carbocycles. The van der Waals surface area contributed by atoms with E-state index in [1.165, 1.54) is 20.3 Å². The first-order valence-corrected chi connectivity index (χ1v) is 7.15. The second-order valence-corrected chi connectivity index (χ2v) is 5.32. The predicted octanol–water partition coefficient (Wildman–Crippen LogP) is 4.42. The van der Waals surface area contributed by atoms with Crippen LogP contribution in [-0.4, -0.2) is 25.2 Å². The van der Waals surface area contributed by atoms with Crippen molar-refractivity contribution in [3.63, 3.8) is 0 Å². The summed E-state index contributed by atoms with van der Waals surface area (Å²) in [4.78, 5) is 14.8. The van der Waals surface area contributed by atoms with Crippen molar-refractivity contribution in [3.8, 4) is 16.9 Å². The summed E-state index contributed by atoms with van der Waals surface area (Å²) >= 11 is 6.27. The van der Waals surface area contributed by atoms with Crippen LogP contribution in [0.2, 0.25) is 5.02 Å². The predicted molar refractivity (Wildman–Crippen MR) is 86.6 cm³/mol. The van der Waals surface area contributed by atoms with Crippen molar-refractivity contribution in [3.05, 3.63) is 52.9 Å². The molecule has 0 unspecified atom stereocenters. The van der Waals surface area contributed by atoms with Crippen molar-refractivity contribution in [1.29, 1.82) is 0 Å². The number of H-pyrrole nitrogens is 1. The monoisotopic (exact) mass is 333 g/mol. The number of nitrogens with one attached hydrogen (secondary N) is 1. The molecule has 0 aliphatic rings. The van der Waals surface area contributed by atoms with Crippen molar-refractivity contribution < 1.29 is 18.7 Å². The zero-order valence-electron chi connectivity index (χ0n) is 12.4. The highest BCUT2D eigenvalue weighted by atomic mass is 35.5. The second-order valence-electron chi connectivity index (χ2n) is 4.92. The maximum atomic E-state index is 14.3. The van der Waals surface area contributed by atoms with E-state index in [0.717, 1.165) is 0 Å². The Morgan fingerprint density at radius 2 is 1.96 bits per heavy atom. The molecule has 0 aliphatic carbocycles. The van der Waals surface area contributed by atoms with E-state index in [1.54, 1.807) is 30.5 Å². The van der Waals surface area contributed by atoms with E-state index < -0.39 is 11.8 Å². The van der Waals surface area contributed by atoms with Crippen molar-refractivity contribution in [2.45, 2.75) is 0 Å². The number of ether oxygens (including phenoxy) is 2. The highest BCUT2D eigenvalue weighted by molar-refractivity contribution is 6.34. The number of fused-ring (bicyclic) bond motifs is 1. The number of carbonyl (C=O) groups excluding carboxylic acids is 1. The van der Waals surface area contributed by atoms with Gasteiger partial charge in [-0.25, -0.2) is 9.18 Å². The van der Waals surface area contributed by atoms with Gasteiger partial charge in [-0.3, -0.25) is 0 Å². The van der Waals surface area contributed by atoms with Crippen molar-refractivity contribution in [1.82, 2.24) is 4.98 Å². The number of aromatic nitrogens is 1. The van der Waals surface area contributed by atoms with Gasteiger partial charge in [0.1, 0.15) is 11.6 Å². The minimum Gasteiger partial charge on any atom is -0.497 e. The molecule has 0 saturated heterocycles. The Morgan fingerprint density at radius 3 is 2.61 bits per heavy atom. The lowest BCUT2D eigenvalue weighted by Crippen LogP contribution is -1.99. The molecule has 0 fully saturated rings. The average Bonchev–Trinajstić information content (AvgIpc) is 2.96. The van der Waals surface area contributed by atoms with E-state index >= 15 is 0 Å². The maximum Gasteiger partial charge on any atom is 0.340 e. The highest BCUT2D eigenvalue weighted by Crippen LogP contribution is 2.35. The van der Waals surface area contributed by atoms with Gasteiger partial charge in [0.25, 0.3) is 0 Å².